The van der Waals surface area contributed by atoms with Crippen LogP contribution in [0.25, 0.3) is 11.0 Å². The lowest BCUT2D eigenvalue weighted by Gasteiger charge is -2.33. The smallest absolute Gasteiger partial charge is 0.326 e. The van der Waals surface area contributed by atoms with Crippen LogP contribution in [0.4, 0.5) is 4.39 Å². The van der Waals surface area contributed by atoms with Gasteiger partial charge in [0.2, 0.25) is 0 Å². The van der Waals surface area contributed by atoms with Gasteiger partial charge in [0, 0.05) is 30.7 Å². The lowest BCUT2D eigenvalue weighted by molar-refractivity contribution is 0.100. The molecular formula is C23H25ClFN3O2. The van der Waals surface area contributed by atoms with Crippen LogP contribution in [-0.2, 0) is 4.74 Å². The minimum Gasteiger partial charge on any atom is -0.373 e. The van der Waals surface area contributed by atoms with Crippen molar-refractivity contribution in [2.75, 3.05) is 26.2 Å². The Morgan fingerprint density at radius 1 is 1.13 bits per heavy atom. The predicted molar refractivity (Wildman–Crippen MR) is 115 cm³/mol. The van der Waals surface area contributed by atoms with E-state index in [1.54, 1.807) is 0 Å². The number of hydrogen-bond donors (Lipinski definition) is 1. The van der Waals surface area contributed by atoms with Crippen molar-refractivity contribution in [3.05, 3.63) is 69.4 Å². The number of hydrogen-bond acceptors (Lipinski definition) is 3. The molecule has 2 atom stereocenters. The van der Waals surface area contributed by atoms with Crippen molar-refractivity contribution in [1.29, 1.82) is 0 Å². The van der Waals surface area contributed by atoms with Gasteiger partial charge in [-0.25, -0.2) is 9.18 Å². The van der Waals surface area contributed by atoms with Gasteiger partial charge in [-0.05, 0) is 61.1 Å². The summed E-state index contributed by atoms with van der Waals surface area (Å²) in [6.45, 7) is 3.68. The summed E-state index contributed by atoms with van der Waals surface area (Å²) in [7, 11) is 0. The fourth-order valence-corrected chi connectivity index (χ4v) is 5.09. The second-order valence-corrected chi connectivity index (χ2v) is 8.91. The standard InChI is InChI=1S/C23H25ClFN3O2/c24-17-3-6-21-20(12-17)26-23(29)28(21)19-7-9-27(10-8-19)13-15-11-22(30-14-15)16-1-4-18(25)5-2-16/h1-6,12,15,19,22H,7-11,13-14H2,(H,26,29)/t15-,22-/m0/s1. The summed E-state index contributed by atoms with van der Waals surface area (Å²) in [6, 6.07) is 12.4. The van der Waals surface area contributed by atoms with Gasteiger partial charge in [0.05, 0.1) is 23.7 Å². The number of nitrogens with one attached hydrogen (secondary N) is 1. The maximum absolute atomic E-state index is 13.1. The lowest BCUT2D eigenvalue weighted by Crippen LogP contribution is -2.39. The molecule has 0 aliphatic carbocycles. The zero-order chi connectivity index (χ0) is 20.7. The molecule has 0 bridgehead atoms. The number of likely N-dealkylation sites (tertiary alicyclic amines) is 1. The van der Waals surface area contributed by atoms with Gasteiger partial charge >= 0.3 is 5.69 Å². The number of rotatable bonds is 4. The monoisotopic (exact) mass is 429 g/mol. The van der Waals surface area contributed by atoms with E-state index in [0.29, 0.717) is 10.9 Å². The van der Waals surface area contributed by atoms with E-state index in [1.807, 2.05) is 34.9 Å². The summed E-state index contributed by atoms with van der Waals surface area (Å²) in [5.74, 6) is 0.267. The van der Waals surface area contributed by atoms with E-state index in [-0.39, 0.29) is 23.7 Å². The van der Waals surface area contributed by atoms with Crippen molar-refractivity contribution in [3.63, 3.8) is 0 Å². The molecule has 5 nitrogen and oxygen atoms in total. The van der Waals surface area contributed by atoms with Crippen molar-refractivity contribution >= 4 is 22.6 Å². The van der Waals surface area contributed by atoms with E-state index >= 15 is 0 Å². The van der Waals surface area contributed by atoms with Gasteiger partial charge in [-0.3, -0.25) is 4.57 Å². The SMILES string of the molecule is O=c1[nH]c2cc(Cl)ccc2n1C1CCN(C[C@H]2CO[C@H](c3ccc(F)cc3)C2)CC1. The Labute approximate surface area is 179 Å². The fraction of sp³-hybridized carbons (Fsp3) is 0.435. The first-order chi connectivity index (χ1) is 14.6. The largest absolute Gasteiger partial charge is 0.373 e. The first kappa shape index (κ1) is 19.8. The summed E-state index contributed by atoms with van der Waals surface area (Å²) in [6.07, 6.45) is 2.92. The van der Waals surface area contributed by atoms with E-state index in [2.05, 4.69) is 9.88 Å². The van der Waals surface area contributed by atoms with E-state index < -0.39 is 0 Å². The van der Waals surface area contributed by atoms with Crippen molar-refractivity contribution in [1.82, 2.24) is 14.5 Å². The Hall–Kier alpha value is -2.15. The van der Waals surface area contributed by atoms with Crippen LogP contribution in [0.2, 0.25) is 5.02 Å². The van der Waals surface area contributed by atoms with Crippen LogP contribution in [0.15, 0.2) is 47.3 Å². The maximum Gasteiger partial charge on any atom is 0.326 e. The summed E-state index contributed by atoms with van der Waals surface area (Å²) < 4.78 is 21.0. The highest BCUT2D eigenvalue weighted by Gasteiger charge is 2.30. The van der Waals surface area contributed by atoms with Crippen LogP contribution < -0.4 is 5.69 Å². The molecule has 2 aliphatic heterocycles. The molecule has 5 rings (SSSR count). The number of nitrogens with zero attached hydrogens (tertiary/aromatic N) is 2. The second-order valence-electron chi connectivity index (χ2n) is 8.47. The van der Waals surface area contributed by atoms with Gasteiger partial charge < -0.3 is 14.6 Å². The van der Waals surface area contributed by atoms with E-state index in [0.717, 1.165) is 62.1 Å². The third kappa shape index (κ3) is 3.92. The van der Waals surface area contributed by atoms with E-state index in [1.165, 1.54) is 12.1 Å². The molecule has 2 aromatic carbocycles. The van der Waals surface area contributed by atoms with Crippen molar-refractivity contribution in [2.24, 2.45) is 5.92 Å². The number of imidazole rings is 1. The van der Waals surface area contributed by atoms with Crippen LogP contribution in [0.5, 0.6) is 0 Å². The molecule has 1 N–H and O–H groups in total. The van der Waals surface area contributed by atoms with Crippen LogP contribution >= 0.6 is 11.6 Å². The first-order valence-electron chi connectivity index (χ1n) is 10.6. The second kappa shape index (κ2) is 8.17. The molecule has 1 aromatic heterocycles. The number of aromatic nitrogens is 2. The zero-order valence-corrected chi connectivity index (χ0v) is 17.4. The lowest BCUT2D eigenvalue weighted by atomic mass is 9.98. The molecule has 0 unspecified atom stereocenters. The van der Waals surface area contributed by atoms with Crippen LogP contribution in [-0.4, -0.2) is 40.7 Å². The van der Waals surface area contributed by atoms with Crippen LogP contribution in [0.3, 0.4) is 0 Å². The summed E-state index contributed by atoms with van der Waals surface area (Å²) in [4.78, 5) is 17.9. The number of H-pyrrole nitrogens is 1. The number of benzene rings is 2. The molecular weight excluding hydrogens is 405 g/mol. The van der Waals surface area contributed by atoms with Gasteiger partial charge in [-0.2, -0.15) is 0 Å². The Kier molecular flexibility index (Phi) is 5.39. The number of fused-ring (bicyclic) bond motifs is 1. The Morgan fingerprint density at radius 3 is 2.67 bits per heavy atom. The van der Waals surface area contributed by atoms with Crippen molar-refractivity contribution in [3.8, 4) is 0 Å². The third-order valence-electron chi connectivity index (χ3n) is 6.44. The molecule has 2 saturated heterocycles. The highest BCUT2D eigenvalue weighted by atomic mass is 35.5. The molecule has 2 aliphatic rings. The summed E-state index contributed by atoms with van der Waals surface area (Å²) >= 11 is 6.06. The molecule has 2 fully saturated rings. The molecule has 30 heavy (non-hydrogen) atoms. The topological polar surface area (TPSA) is 50.3 Å². The quantitative estimate of drug-likeness (QED) is 0.662. The van der Waals surface area contributed by atoms with Gasteiger partial charge in [0.1, 0.15) is 5.82 Å². The fourth-order valence-electron chi connectivity index (χ4n) is 4.92. The van der Waals surface area contributed by atoms with Crippen molar-refractivity contribution < 1.29 is 9.13 Å². The molecule has 3 aromatic rings. The molecule has 0 spiro atoms. The number of ether oxygens (including phenoxy) is 1. The minimum atomic E-state index is -0.214. The Morgan fingerprint density at radius 2 is 1.90 bits per heavy atom. The number of halogens is 2. The maximum atomic E-state index is 13.1. The third-order valence-corrected chi connectivity index (χ3v) is 6.67. The molecule has 3 heterocycles. The highest BCUT2D eigenvalue weighted by molar-refractivity contribution is 6.31. The predicted octanol–water partition coefficient (Wildman–Crippen LogP) is 4.54. The van der Waals surface area contributed by atoms with Gasteiger partial charge in [0.25, 0.3) is 0 Å². The average Bonchev–Trinajstić information content (AvgIpc) is 3.32. The van der Waals surface area contributed by atoms with Crippen LogP contribution in [0, 0.1) is 11.7 Å². The molecule has 0 radical (unpaired) electrons. The number of aromatic amines is 1. The van der Waals surface area contributed by atoms with Gasteiger partial charge in [0.15, 0.2) is 0 Å². The molecule has 0 amide bonds. The Bertz CT molecular complexity index is 1090. The average molecular weight is 430 g/mol. The first-order valence-corrected chi connectivity index (χ1v) is 10.9. The van der Waals surface area contributed by atoms with Gasteiger partial charge in [-0.1, -0.05) is 23.7 Å². The normalized spacial score (nSPS) is 23.4. The summed E-state index contributed by atoms with van der Waals surface area (Å²) in [5.41, 5.74) is 2.72. The summed E-state index contributed by atoms with van der Waals surface area (Å²) in [5, 5.41) is 0.628. The molecule has 0 saturated carbocycles. The number of piperidine rings is 1. The van der Waals surface area contributed by atoms with Gasteiger partial charge in [-0.15, -0.1) is 0 Å². The molecule has 158 valence electrons. The Balaban J connectivity index is 1.19. The van der Waals surface area contributed by atoms with E-state index in [9.17, 15) is 9.18 Å². The van der Waals surface area contributed by atoms with E-state index in [4.69, 9.17) is 16.3 Å². The minimum absolute atomic E-state index is 0.0583. The highest BCUT2D eigenvalue weighted by Crippen LogP contribution is 2.34. The zero-order valence-electron chi connectivity index (χ0n) is 16.7. The van der Waals surface area contributed by atoms with Crippen molar-refractivity contribution in [2.45, 2.75) is 31.4 Å². The van der Waals surface area contributed by atoms with Crippen LogP contribution in [0.1, 0.15) is 37.0 Å². The molecule has 7 heteroatoms.